The van der Waals surface area contributed by atoms with Gasteiger partial charge < -0.3 is 8.83 Å². The molecule has 0 radical (unpaired) electrons. The highest BCUT2D eigenvalue weighted by molar-refractivity contribution is 5.80. The molecule has 0 atom stereocenters. The highest BCUT2D eigenvalue weighted by atomic mass is 16.4. The maximum atomic E-state index is 12.7. The fraction of sp³-hybridized carbons (Fsp3) is 0.0667. The fourth-order valence-electron chi connectivity index (χ4n) is 4.25. The Morgan fingerprint density at radius 1 is 0.528 bits per heavy atom. The average Bonchev–Trinajstić information content (AvgIpc) is 2.93. The van der Waals surface area contributed by atoms with Crippen LogP contribution in [0.1, 0.15) is 11.1 Å². The largest absolute Gasteiger partial charge is 0.403 e. The summed E-state index contributed by atoms with van der Waals surface area (Å²) in [5.74, 6) is 0.611. The van der Waals surface area contributed by atoms with E-state index in [0.29, 0.717) is 46.4 Å². The third kappa shape index (κ3) is 4.20. The highest BCUT2D eigenvalue weighted by Crippen LogP contribution is 2.21. The molecule has 6 rings (SSSR count). The lowest BCUT2D eigenvalue weighted by Crippen LogP contribution is -2.05. The van der Waals surface area contributed by atoms with E-state index in [1.54, 1.807) is 0 Å². The predicted octanol–water partition coefficient (Wildman–Crippen LogP) is 5.81. The molecule has 0 N–H and O–H groups in total. The van der Waals surface area contributed by atoms with E-state index in [4.69, 9.17) is 8.83 Å². The molecule has 0 spiro atoms. The predicted molar refractivity (Wildman–Crippen MR) is 139 cm³/mol. The Kier molecular flexibility index (Phi) is 5.46. The topological polar surface area (TPSA) is 86.2 Å². The van der Waals surface area contributed by atoms with E-state index in [-0.39, 0.29) is 0 Å². The number of hydrogen-bond acceptors (Lipinski definition) is 6. The maximum Gasteiger partial charge on any atom is 0.347 e. The lowest BCUT2D eigenvalue weighted by atomic mass is 10.0. The quantitative estimate of drug-likeness (QED) is 0.315. The number of nitrogens with zero attached hydrogens (tertiary/aromatic N) is 2. The zero-order chi connectivity index (χ0) is 24.5. The van der Waals surface area contributed by atoms with Gasteiger partial charge in [0.15, 0.2) is 0 Å². The summed E-state index contributed by atoms with van der Waals surface area (Å²) < 4.78 is 11.0. The Labute approximate surface area is 205 Å². The zero-order valence-corrected chi connectivity index (χ0v) is 19.2. The van der Waals surface area contributed by atoms with Crippen LogP contribution in [0, 0.1) is 0 Å². The summed E-state index contributed by atoms with van der Waals surface area (Å²) in [6.45, 7) is 0. The van der Waals surface area contributed by atoms with Crippen molar-refractivity contribution in [3.63, 3.8) is 0 Å². The molecule has 6 aromatic rings. The number of benzene rings is 4. The molecule has 4 aromatic carbocycles. The first kappa shape index (κ1) is 21.7. The first-order chi connectivity index (χ1) is 17.6. The van der Waals surface area contributed by atoms with E-state index in [1.165, 1.54) is 0 Å². The minimum Gasteiger partial charge on any atom is -0.403 e. The molecule has 174 valence electrons. The molecular weight excluding hydrogens is 452 g/mol. The first-order valence-corrected chi connectivity index (χ1v) is 11.6. The van der Waals surface area contributed by atoms with Crippen LogP contribution < -0.4 is 11.3 Å². The van der Waals surface area contributed by atoms with Gasteiger partial charge in [0, 0.05) is 11.1 Å². The summed E-state index contributed by atoms with van der Waals surface area (Å²) in [6.07, 6.45) is 1.37. The van der Waals surface area contributed by atoms with E-state index >= 15 is 0 Å². The van der Waals surface area contributed by atoms with Crippen LogP contribution in [-0.2, 0) is 12.8 Å². The second-order valence-corrected chi connectivity index (χ2v) is 8.55. The van der Waals surface area contributed by atoms with Crippen molar-refractivity contribution in [2.45, 2.75) is 12.8 Å². The smallest absolute Gasteiger partial charge is 0.347 e. The van der Waals surface area contributed by atoms with Crippen molar-refractivity contribution in [1.82, 2.24) is 9.97 Å². The van der Waals surface area contributed by atoms with Crippen molar-refractivity contribution in [2.24, 2.45) is 0 Å². The van der Waals surface area contributed by atoms with Gasteiger partial charge in [-0.15, -0.1) is 0 Å². The number of hydrogen-bond donors (Lipinski definition) is 0. The van der Waals surface area contributed by atoms with E-state index in [1.807, 2.05) is 97.1 Å². The van der Waals surface area contributed by atoms with Gasteiger partial charge in [0.05, 0.1) is 21.8 Å². The molecule has 2 heterocycles. The summed E-state index contributed by atoms with van der Waals surface area (Å²) in [5, 5.41) is 0.896. The number of fused-ring (bicyclic) bond motifs is 2. The van der Waals surface area contributed by atoms with Crippen LogP contribution in [0.3, 0.4) is 0 Å². The van der Waals surface area contributed by atoms with Gasteiger partial charge >= 0.3 is 11.3 Å². The van der Waals surface area contributed by atoms with Crippen LogP contribution in [0.2, 0.25) is 0 Å². The van der Waals surface area contributed by atoms with Gasteiger partial charge in [-0.1, -0.05) is 48.5 Å². The highest BCUT2D eigenvalue weighted by Gasteiger charge is 2.11. The molecule has 0 amide bonds. The standard InChI is InChI=1S/C30H20N2O4/c33-29-23-17-19(13-15-25(23)31-27(35-29)21-7-3-1-4-8-21)11-12-20-14-16-26-24(18-20)30(34)36-28(32-26)22-9-5-2-6-10-22/h1-10,13-18H,11-12H2. The Morgan fingerprint density at radius 2 is 0.944 bits per heavy atom. The monoisotopic (exact) mass is 472 g/mol. The summed E-state index contributed by atoms with van der Waals surface area (Å²) in [7, 11) is 0. The molecule has 6 heteroatoms. The molecule has 0 fully saturated rings. The molecule has 0 aliphatic carbocycles. The Bertz CT molecular complexity index is 1690. The van der Waals surface area contributed by atoms with Crippen molar-refractivity contribution >= 4 is 21.8 Å². The third-order valence-corrected chi connectivity index (χ3v) is 6.13. The van der Waals surface area contributed by atoms with Crippen LogP contribution in [-0.4, -0.2) is 9.97 Å². The number of aryl methyl sites for hydroxylation is 2. The second-order valence-electron chi connectivity index (χ2n) is 8.55. The minimum absolute atomic E-state index is 0.305. The van der Waals surface area contributed by atoms with E-state index in [2.05, 4.69) is 9.97 Å². The normalized spacial score (nSPS) is 11.2. The number of aromatic nitrogens is 2. The molecular formula is C30H20N2O4. The molecule has 0 bridgehead atoms. The molecule has 0 aliphatic heterocycles. The van der Waals surface area contributed by atoms with Gasteiger partial charge in [-0.3, -0.25) is 0 Å². The third-order valence-electron chi connectivity index (χ3n) is 6.13. The van der Waals surface area contributed by atoms with Crippen molar-refractivity contribution in [1.29, 1.82) is 0 Å². The van der Waals surface area contributed by atoms with Crippen molar-refractivity contribution in [2.75, 3.05) is 0 Å². The lowest BCUT2D eigenvalue weighted by molar-refractivity contribution is 0.518. The van der Waals surface area contributed by atoms with Gasteiger partial charge in [0.1, 0.15) is 0 Å². The van der Waals surface area contributed by atoms with Crippen LogP contribution in [0.5, 0.6) is 0 Å². The first-order valence-electron chi connectivity index (χ1n) is 11.6. The second kappa shape index (κ2) is 9.07. The lowest BCUT2D eigenvalue weighted by Gasteiger charge is -2.06. The minimum atomic E-state index is -0.413. The Morgan fingerprint density at radius 3 is 1.36 bits per heavy atom. The van der Waals surface area contributed by atoms with Gasteiger partial charge in [-0.05, 0) is 72.5 Å². The van der Waals surface area contributed by atoms with Crippen LogP contribution >= 0.6 is 0 Å². The van der Waals surface area contributed by atoms with Crippen LogP contribution in [0.15, 0.2) is 115 Å². The molecule has 2 aromatic heterocycles. The zero-order valence-electron chi connectivity index (χ0n) is 19.2. The van der Waals surface area contributed by atoms with Crippen molar-refractivity contribution < 1.29 is 8.83 Å². The number of rotatable bonds is 5. The molecule has 0 aliphatic rings. The van der Waals surface area contributed by atoms with Crippen molar-refractivity contribution in [3.8, 4) is 22.9 Å². The Hall–Kier alpha value is -4.84. The van der Waals surface area contributed by atoms with Gasteiger partial charge in [-0.2, -0.15) is 0 Å². The molecule has 6 nitrogen and oxygen atoms in total. The molecule has 0 saturated carbocycles. The van der Waals surface area contributed by atoms with Gasteiger partial charge in [0.25, 0.3) is 0 Å². The van der Waals surface area contributed by atoms with E-state index in [0.717, 1.165) is 22.3 Å². The maximum absolute atomic E-state index is 12.7. The van der Waals surface area contributed by atoms with Crippen molar-refractivity contribution in [3.05, 3.63) is 129 Å². The Balaban J connectivity index is 1.25. The SMILES string of the molecule is O=c1oc(-c2ccccc2)nc2ccc(CCc3ccc4nc(-c5ccccc5)oc(=O)c4c3)cc12. The van der Waals surface area contributed by atoms with Crippen LogP contribution in [0.25, 0.3) is 44.7 Å². The van der Waals surface area contributed by atoms with E-state index in [9.17, 15) is 9.59 Å². The molecule has 36 heavy (non-hydrogen) atoms. The van der Waals surface area contributed by atoms with Crippen LogP contribution in [0.4, 0.5) is 0 Å². The van der Waals surface area contributed by atoms with Gasteiger partial charge in [0.2, 0.25) is 11.8 Å². The summed E-state index contributed by atoms with van der Waals surface area (Å²) in [5.41, 5.74) is 3.84. The van der Waals surface area contributed by atoms with E-state index < -0.39 is 11.3 Å². The summed E-state index contributed by atoms with van der Waals surface area (Å²) >= 11 is 0. The fourth-order valence-corrected chi connectivity index (χ4v) is 4.25. The summed E-state index contributed by atoms with van der Waals surface area (Å²) in [6, 6.07) is 30.0. The summed E-state index contributed by atoms with van der Waals surface area (Å²) in [4.78, 5) is 34.3. The molecule has 0 unspecified atom stereocenters. The molecule has 0 saturated heterocycles. The van der Waals surface area contributed by atoms with Gasteiger partial charge in [-0.25, -0.2) is 19.6 Å². The average molecular weight is 473 g/mol.